The molecule has 0 spiro atoms. The fourth-order valence-electron chi connectivity index (χ4n) is 3.14. The molecule has 10 heteroatoms. The van der Waals surface area contributed by atoms with Gasteiger partial charge in [0.05, 0.1) is 5.02 Å². The average Bonchev–Trinajstić information content (AvgIpc) is 2.71. The molecule has 0 aliphatic carbocycles. The number of nitrogens with zero attached hydrogens (tertiary/aromatic N) is 2. The van der Waals surface area contributed by atoms with E-state index in [-0.39, 0.29) is 36.7 Å². The van der Waals surface area contributed by atoms with Crippen molar-refractivity contribution in [2.24, 2.45) is 0 Å². The lowest BCUT2D eigenvalue weighted by atomic mass is 10.0. The minimum atomic E-state index is -0.620. The van der Waals surface area contributed by atoms with E-state index in [1.54, 1.807) is 12.3 Å². The molecule has 3 rings (SSSR count). The maximum Gasteiger partial charge on any atom is 0.267 e. The lowest BCUT2D eigenvalue weighted by Crippen LogP contribution is -2.38. The second-order valence-electron chi connectivity index (χ2n) is 6.73. The van der Waals surface area contributed by atoms with Crippen molar-refractivity contribution >= 4 is 54.2 Å². The van der Waals surface area contributed by atoms with Gasteiger partial charge >= 0.3 is 0 Å². The number of benzene rings is 1. The lowest BCUT2D eigenvalue weighted by molar-refractivity contribution is -0.124. The third kappa shape index (κ3) is 7.74. The second kappa shape index (κ2) is 12.7. The standard InChI is InChI=1S/C20H22ClFN4O2.2ClH/c21-18-11-15(3-6-19(27)25-28)12-23-20(18)24-17-7-9-26(10-8-17)13-14-1-4-16(22)5-2-14;;/h1-6,11-12,17,28H,7-10,13H2,(H,23,24)(H,25,27);2*1H. The van der Waals surface area contributed by atoms with Crippen LogP contribution in [0.4, 0.5) is 10.2 Å². The number of rotatable bonds is 6. The van der Waals surface area contributed by atoms with E-state index in [9.17, 15) is 9.18 Å². The van der Waals surface area contributed by atoms with Crippen LogP contribution in [0.25, 0.3) is 6.08 Å². The number of hydroxylamine groups is 1. The Hall–Kier alpha value is -1.90. The average molecular weight is 478 g/mol. The molecule has 1 aliphatic heterocycles. The van der Waals surface area contributed by atoms with Crippen LogP contribution in [0.2, 0.25) is 5.02 Å². The van der Waals surface area contributed by atoms with Gasteiger partial charge in [-0.15, -0.1) is 24.8 Å². The Bertz CT molecular complexity index is 844. The van der Waals surface area contributed by atoms with Crippen molar-refractivity contribution in [3.8, 4) is 0 Å². The van der Waals surface area contributed by atoms with Crippen LogP contribution in [-0.2, 0) is 11.3 Å². The zero-order chi connectivity index (χ0) is 19.9. The second-order valence-corrected chi connectivity index (χ2v) is 7.14. The number of anilines is 1. The van der Waals surface area contributed by atoms with Gasteiger partial charge in [0.2, 0.25) is 0 Å². The summed E-state index contributed by atoms with van der Waals surface area (Å²) < 4.78 is 13.0. The topological polar surface area (TPSA) is 77.5 Å². The molecule has 0 saturated carbocycles. The summed E-state index contributed by atoms with van der Waals surface area (Å²) in [5.74, 6) is -0.220. The van der Waals surface area contributed by atoms with Crippen molar-refractivity contribution in [1.82, 2.24) is 15.4 Å². The number of hydrogen-bond acceptors (Lipinski definition) is 5. The highest BCUT2D eigenvalue weighted by Gasteiger charge is 2.20. The molecule has 0 unspecified atom stereocenters. The third-order valence-corrected chi connectivity index (χ3v) is 4.94. The molecule has 2 aromatic rings. The zero-order valence-corrected chi connectivity index (χ0v) is 18.4. The van der Waals surface area contributed by atoms with Crippen molar-refractivity contribution in [3.05, 3.63) is 64.6 Å². The van der Waals surface area contributed by atoms with E-state index in [4.69, 9.17) is 16.8 Å². The van der Waals surface area contributed by atoms with E-state index in [1.807, 2.05) is 12.1 Å². The van der Waals surface area contributed by atoms with Gasteiger partial charge in [0.15, 0.2) is 0 Å². The minimum absolute atomic E-state index is 0. The fraction of sp³-hybridized carbons (Fsp3) is 0.300. The van der Waals surface area contributed by atoms with Crippen LogP contribution in [0.5, 0.6) is 0 Å². The van der Waals surface area contributed by atoms with Crippen molar-refractivity contribution in [2.75, 3.05) is 18.4 Å². The van der Waals surface area contributed by atoms with Crippen LogP contribution in [-0.4, -0.2) is 40.1 Å². The number of halogens is 4. The molecule has 1 fully saturated rings. The summed E-state index contributed by atoms with van der Waals surface area (Å²) in [5, 5.41) is 12.3. The number of nitrogens with one attached hydrogen (secondary N) is 2. The molecule has 0 radical (unpaired) electrons. The molecule has 2 heterocycles. The quantitative estimate of drug-likeness (QED) is 0.328. The molecular formula is C20H24Cl3FN4O2. The molecule has 1 aliphatic rings. The highest BCUT2D eigenvalue weighted by atomic mass is 35.5. The van der Waals surface area contributed by atoms with Crippen molar-refractivity contribution in [2.45, 2.75) is 25.4 Å². The van der Waals surface area contributed by atoms with Gasteiger partial charge in [-0.25, -0.2) is 14.9 Å². The summed E-state index contributed by atoms with van der Waals surface area (Å²) in [7, 11) is 0. The van der Waals surface area contributed by atoms with Crippen LogP contribution in [0.15, 0.2) is 42.6 Å². The van der Waals surface area contributed by atoms with Gasteiger partial charge in [-0.3, -0.25) is 14.9 Å². The van der Waals surface area contributed by atoms with Gasteiger partial charge in [0.25, 0.3) is 5.91 Å². The highest BCUT2D eigenvalue weighted by Crippen LogP contribution is 2.24. The first-order valence-electron chi connectivity index (χ1n) is 9.04. The van der Waals surface area contributed by atoms with Gasteiger partial charge in [-0.05, 0) is 48.2 Å². The Balaban J connectivity index is 0.00000225. The number of likely N-dealkylation sites (tertiary alicyclic amines) is 1. The summed E-state index contributed by atoms with van der Waals surface area (Å²) in [6.45, 7) is 2.68. The Morgan fingerprint density at radius 1 is 1.27 bits per heavy atom. The zero-order valence-electron chi connectivity index (χ0n) is 16.1. The summed E-state index contributed by atoms with van der Waals surface area (Å²) in [6.07, 6.45) is 6.23. The van der Waals surface area contributed by atoms with Crippen molar-refractivity contribution in [3.63, 3.8) is 0 Å². The van der Waals surface area contributed by atoms with Gasteiger partial charge in [-0.2, -0.15) is 0 Å². The molecule has 1 saturated heterocycles. The van der Waals surface area contributed by atoms with Gasteiger partial charge < -0.3 is 5.32 Å². The monoisotopic (exact) mass is 476 g/mol. The molecule has 164 valence electrons. The predicted octanol–water partition coefficient (Wildman–Crippen LogP) is 4.31. The molecule has 1 aromatic heterocycles. The van der Waals surface area contributed by atoms with E-state index in [1.165, 1.54) is 29.8 Å². The Morgan fingerprint density at radius 3 is 2.53 bits per heavy atom. The molecule has 6 nitrogen and oxygen atoms in total. The minimum Gasteiger partial charge on any atom is -0.366 e. The Kier molecular flexibility index (Phi) is 11.1. The summed E-state index contributed by atoms with van der Waals surface area (Å²) in [6, 6.07) is 8.61. The Morgan fingerprint density at radius 2 is 1.93 bits per heavy atom. The largest absolute Gasteiger partial charge is 0.366 e. The number of carbonyl (C=O) groups is 1. The number of aromatic nitrogens is 1. The van der Waals surface area contributed by atoms with Gasteiger partial charge in [-0.1, -0.05) is 23.7 Å². The third-order valence-electron chi connectivity index (χ3n) is 4.65. The van der Waals surface area contributed by atoms with E-state index < -0.39 is 5.91 Å². The van der Waals surface area contributed by atoms with Crippen LogP contribution in [0.1, 0.15) is 24.0 Å². The molecule has 1 amide bonds. The first-order valence-corrected chi connectivity index (χ1v) is 9.42. The summed E-state index contributed by atoms with van der Waals surface area (Å²) in [4.78, 5) is 17.7. The number of pyridine rings is 1. The maximum atomic E-state index is 13.0. The highest BCUT2D eigenvalue weighted by molar-refractivity contribution is 6.33. The SMILES string of the molecule is Cl.Cl.O=C(C=Cc1cnc(NC2CCN(Cc3ccc(F)cc3)CC2)c(Cl)c1)NO. The van der Waals surface area contributed by atoms with E-state index in [2.05, 4.69) is 15.2 Å². The molecule has 0 atom stereocenters. The summed E-state index contributed by atoms with van der Waals surface area (Å²) in [5.41, 5.74) is 3.29. The van der Waals surface area contributed by atoms with E-state index in [0.29, 0.717) is 16.4 Å². The van der Waals surface area contributed by atoms with Gasteiger partial charge in [0, 0.05) is 37.9 Å². The van der Waals surface area contributed by atoms with Crippen LogP contribution >= 0.6 is 36.4 Å². The molecule has 3 N–H and O–H groups in total. The van der Waals surface area contributed by atoms with Crippen LogP contribution in [0, 0.1) is 5.82 Å². The number of piperidine rings is 1. The smallest absolute Gasteiger partial charge is 0.267 e. The van der Waals surface area contributed by atoms with Crippen LogP contribution in [0.3, 0.4) is 0 Å². The fourth-order valence-corrected chi connectivity index (χ4v) is 3.37. The first-order chi connectivity index (χ1) is 13.5. The van der Waals surface area contributed by atoms with Gasteiger partial charge in [0.1, 0.15) is 11.6 Å². The Labute approximate surface area is 192 Å². The molecule has 0 bridgehead atoms. The number of amides is 1. The van der Waals surface area contributed by atoms with E-state index >= 15 is 0 Å². The van der Waals surface area contributed by atoms with Crippen LogP contribution < -0.4 is 10.8 Å². The molecular weight excluding hydrogens is 454 g/mol. The molecule has 30 heavy (non-hydrogen) atoms. The van der Waals surface area contributed by atoms with Crippen molar-refractivity contribution < 1.29 is 14.4 Å². The number of hydrogen-bond donors (Lipinski definition) is 3. The normalized spacial score (nSPS) is 14.6. The maximum absolute atomic E-state index is 13.0. The lowest BCUT2D eigenvalue weighted by Gasteiger charge is -2.32. The molecule has 1 aromatic carbocycles. The predicted molar refractivity (Wildman–Crippen MR) is 121 cm³/mol. The number of carbonyl (C=O) groups excluding carboxylic acids is 1. The first kappa shape index (κ1) is 26.1. The summed E-state index contributed by atoms with van der Waals surface area (Å²) >= 11 is 6.30. The van der Waals surface area contributed by atoms with E-state index in [0.717, 1.165) is 38.0 Å². The van der Waals surface area contributed by atoms with Crippen molar-refractivity contribution in [1.29, 1.82) is 0 Å².